The molecule has 15 heavy (non-hydrogen) atoms. The molecule has 0 atom stereocenters. The number of rotatable bonds is 5. The second-order valence-electron chi connectivity index (χ2n) is 2.97. The molecule has 3 nitrogen and oxygen atoms in total. The fourth-order valence-corrected chi connectivity index (χ4v) is 1.72. The van der Waals surface area contributed by atoms with Crippen molar-refractivity contribution in [3.63, 3.8) is 0 Å². The maximum atomic E-state index is 5.32. The molecule has 0 N–H and O–H groups in total. The maximum Gasteiger partial charge on any atom is 0.203 e. The summed E-state index contributed by atoms with van der Waals surface area (Å²) >= 11 is 4.20. The van der Waals surface area contributed by atoms with Gasteiger partial charge in [0, 0.05) is 0 Å². The van der Waals surface area contributed by atoms with Gasteiger partial charge >= 0.3 is 0 Å². The van der Waals surface area contributed by atoms with Crippen LogP contribution < -0.4 is 14.2 Å². The van der Waals surface area contributed by atoms with E-state index in [1.165, 1.54) is 0 Å². The predicted molar refractivity (Wildman–Crippen MR) is 63.7 cm³/mol. The molecule has 0 bridgehead atoms. The highest BCUT2D eigenvalue weighted by molar-refractivity contribution is 7.80. The predicted octanol–water partition coefficient (Wildman–Crippen LogP) is 2.18. The molecular formula is C11H16O3S. The van der Waals surface area contributed by atoms with Gasteiger partial charge < -0.3 is 14.2 Å². The Morgan fingerprint density at radius 3 is 2.13 bits per heavy atom. The number of hydrogen-bond acceptors (Lipinski definition) is 4. The Morgan fingerprint density at radius 1 is 1.00 bits per heavy atom. The van der Waals surface area contributed by atoms with Gasteiger partial charge in [0.1, 0.15) is 0 Å². The lowest BCUT2D eigenvalue weighted by Crippen LogP contribution is -1.99. The number of ether oxygens (including phenoxy) is 3. The van der Waals surface area contributed by atoms with Crippen LogP contribution in [0.2, 0.25) is 0 Å². The van der Waals surface area contributed by atoms with Crippen LogP contribution in [0.3, 0.4) is 0 Å². The van der Waals surface area contributed by atoms with Gasteiger partial charge in [0.25, 0.3) is 0 Å². The molecule has 0 amide bonds. The smallest absolute Gasteiger partial charge is 0.203 e. The lowest BCUT2D eigenvalue weighted by molar-refractivity contribution is 0.322. The Kier molecular flexibility index (Phi) is 4.62. The molecule has 4 heteroatoms. The van der Waals surface area contributed by atoms with Crippen molar-refractivity contribution in [1.82, 2.24) is 0 Å². The van der Waals surface area contributed by atoms with Crippen molar-refractivity contribution in [2.45, 2.75) is 6.42 Å². The average Bonchev–Trinajstić information content (AvgIpc) is 2.28. The highest BCUT2D eigenvalue weighted by atomic mass is 32.1. The number of methoxy groups -OCH3 is 3. The zero-order chi connectivity index (χ0) is 11.3. The van der Waals surface area contributed by atoms with E-state index < -0.39 is 0 Å². The van der Waals surface area contributed by atoms with Crippen LogP contribution in [0.4, 0.5) is 0 Å². The first-order chi connectivity index (χ1) is 7.28. The Hall–Kier alpha value is -1.03. The Balaban J connectivity index is 3.21. The number of benzene rings is 1. The molecule has 0 aliphatic carbocycles. The molecule has 0 heterocycles. The van der Waals surface area contributed by atoms with Crippen molar-refractivity contribution in [3.8, 4) is 17.2 Å². The molecule has 0 saturated heterocycles. The zero-order valence-electron chi connectivity index (χ0n) is 9.24. The van der Waals surface area contributed by atoms with Gasteiger partial charge in [-0.05, 0) is 23.8 Å². The normalized spacial score (nSPS) is 9.87. The third-order valence-corrected chi connectivity index (χ3v) is 2.39. The lowest BCUT2D eigenvalue weighted by Gasteiger charge is -2.15. The molecule has 0 unspecified atom stereocenters. The van der Waals surface area contributed by atoms with Crippen LogP contribution in [0, 0.1) is 0 Å². The highest BCUT2D eigenvalue weighted by Crippen LogP contribution is 2.39. The highest BCUT2D eigenvalue weighted by Gasteiger charge is 2.14. The van der Waals surface area contributed by atoms with E-state index in [0.29, 0.717) is 11.5 Å². The summed E-state index contributed by atoms with van der Waals surface area (Å²) in [6.07, 6.45) is 0.840. The quantitative estimate of drug-likeness (QED) is 0.783. The van der Waals surface area contributed by atoms with Crippen molar-refractivity contribution < 1.29 is 14.2 Å². The summed E-state index contributed by atoms with van der Waals surface area (Å²) in [4.78, 5) is 0. The standard InChI is InChI=1S/C11H16O3S/c1-12-9-5-4-8(6-7-15)10(13-2)11(9)14-3/h4-5,15H,6-7H2,1-3H3. The largest absolute Gasteiger partial charge is 0.493 e. The summed E-state index contributed by atoms with van der Waals surface area (Å²) in [5.41, 5.74) is 1.07. The molecule has 1 aromatic rings. The van der Waals surface area contributed by atoms with Gasteiger partial charge in [-0.25, -0.2) is 0 Å². The van der Waals surface area contributed by atoms with E-state index in [2.05, 4.69) is 12.6 Å². The van der Waals surface area contributed by atoms with Crippen LogP contribution in [0.25, 0.3) is 0 Å². The summed E-state index contributed by atoms with van der Waals surface area (Å²) < 4.78 is 15.8. The summed E-state index contributed by atoms with van der Waals surface area (Å²) in [5, 5.41) is 0. The average molecular weight is 228 g/mol. The van der Waals surface area contributed by atoms with E-state index in [4.69, 9.17) is 14.2 Å². The van der Waals surface area contributed by atoms with Crippen molar-refractivity contribution in [2.24, 2.45) is 0 Å². The fourth-order valence-electron chi connectivity index (χ4n) is 1.48. The Bertz CT molecular complexity index is 326. The summed E-state index contributed by atoms with van der Waals surface area (Å²) in [6, 6.07) is 3.84. The molecule has 1 rings (SSSR count). The lowest BCUT2D eigenvalue weighted by atomic mass is 10.1. The van der Waals surface area contributed by atoms with E-state index in [0.717, 1.165) is 23.5 Å². The van der Waals surface area contributed by atoms with Crippen LogP contribution in [0.15, 0.2) is 12.1 Å². The molecule has 84 valence electrons. The van der Waals surface area contributed by atoms with Crippen LogP contribution in [-0.2, 0) is 6.42 Å². The molecule has 0 radical (unpaired) electrons. The minimum Gasteiger partial charge on any atom is -0.493 e. The molecular weight excluding hydrogens is 212 g/mol. The molecule has 0 aliphatic heterocycles. The SMILES string of the molecule is COc1ccc(CCS)c(OC)c1OC. The van der Waals surface area contributed by atoms with Crippen LogP contribution >= 0.6 is 12.6 Å². The third-order valence-electron chi connectivity index (χ3n) is 2.17. The summed E-state index contributed by atoms with van der Waals surface area (Å²) in [5.74, 6) is 2.81. The monoisotopic (exact) mass is 228 g/mol. The van der Waals surface area contributed by atoms with Gasteiger partial charge in [0.05, 0.1) is 21.3 Å². The van der Waals surface area contributed by atoms with Crippen LogP contribution in [0.1, 0.15) is 5.56 Å². The molecule has 0 aliphatic rings. The molecule has 1 aromatic carbocycles. The van der Waals surface area contributed by atoms with Crippen LogP contribution in [-0.4, -0.2) is 27.1 Å². The topological polar surface area (TPSA) is 27.7 Å². The van der Waals surface area contributed by atoms with E-state index >= 15 is 0 Å². The zero-order valence-corrected chi connectivity index (χ0v) is 10.1. The first-order valence-corrected chi connectivity index (χ1v) is 5.30. The minimum absolute atomic E-state index is 0.638. The summed E-state index contributed by atoms with van der Waals surface area (Å²) in [7, 11) is 4.83. The first-order valence-electron chi connectivity index (χ1n) is 4.67. The molecule has 0 saturated carbocycles. The van der Waals surface area contributed by atoms with Gasteiger partial charge in [0.15, 0.2) is 11.5 Å². The fraction of sp³-hybridized carbons (Fsp3) is 0.455. The van der Waals surface area contributed by atoms with Crippen LogP contribution in [0.5, 0.6) is 17.2 Å². The van der Waals surface area contributed by atoms with Crippen molar-refractivity contribution in [1.29, 1.82) is 0 Å². The third kappa shape index (κ3) is 2.50. The van der Waals surface area contributed by atoms with E-state index in [1.807, 2.05) is 12.1 Å². The van der Waals surface area contributed by atoms with E-state index in [1.54, 1.807) is 21.3 Å². The van der Waals surface area contributed by atoms with E-state index in [9.17, 15) is 0 Å². The molecule has 0 aromatic heterocycles. The Morgan fingerprint density at radius 2 is 1.67 bits per heavy atom. The van der Waals surface area contributed by atoms with Crippen molar-refractivity contribution in [2.75, 3.05) is 27.1 Å². The molecule has 0 fully saturated rings. The Labute approximate surface area is 95.8 Å². The van der Waals surface area contributed by atoms with E-state index in [-0.39, 0.29) is 0 Å². The molecule has 0 spiro atoms. The van der Waals surface area contributed by atoms with Gasteiger partial charge in [-0.1, -0.05) is 6.07 Å². The first kappa shape index (κ1) is 12.0. The van der Waals surface area contributed by atoms with Crippen molar-refractivity contribution in [3.05, 3.63) is 17.7 Å². The van der Waals surface area contributed by atoms with Gasteiger partial charge in [-0.2, -0.15) is 12.6 Å². The van der Waals surface area contributed by atoms with Gasteiger partial charge in [-0.15, -0.1) is 0 Å². The van der Waals surface area contributed by atoms with Crippen molar-refractivity contribution >= 4 is 12.6 Å². The summed E-state index contributed by atoms with van der Waals surface area (Å²) in [6.45, 7) is 0. The second kappa shape index (κ2) is 5.75. The number of thiol groups is 1. The number of hydrogen-bond donors (Lipinski definition) is 1. The number of aryl methyl sites for hydroxylation is 1. The maximum absolute atomic E-state index is 5.32. The van der Waals surface area contributed by atoms with Gasteiger partial charge in [0.2, 0.25) is 5.75 Å². The minimum atomic E-state index is 0.638. The van der Waals surface area contributed by atoms with Gasteiger partial charge in [-0.3, -0.25) is 0 Å². The second-order valence-corrected chi connectivity index (χ2v) is 3.41.